The SMILES string of the molecule is Cc1onc(-c2ccccc2Cl)c1C(=O)NCCc1nc(-c2cccs2)cn1C. The number of nitrogens with zero attached hydrogens (tertiary/aromatic N) is 3. The molecule has 148 valence electrons. The highest BCUT2D eigenvalue weighted by molar-refractivity contribution is 7.13. The maximum atomic E-state index is 12.8. The van der Waals surface area contributed by atoms with E-state index in [0.717, 1.165) is 16.4 Å². The summed E-state index contributed by atoms with van der Waals surface area (Å²) in [6.45, 7) is 2.16. The van der Waals surface area contributed by atoms with Crippen LogP contribution in [-0.4, -0.2) is 27.2 Å². The number of aryl methyl sites for hydroxylation is 2. The molecular weight excluding hydrogens is 408 g/mol. The number of nitrogens with one attached hydrogen (secondary N) is 1. The second-order valence-corrected chi connectivity index (χ2v) is 7.93. The van der Waals surface area contributed by atoms with Gasteiger partial charge in [-0.1, -0.05) is 41.0 Å². The molecule has 1 amide bonds. The fraction of sp³-hybridized carbons (Fsp3) is 0.190. The maximum Gasteiger partial charge on any atom is 0.257 e. The summed E-state index contributed by atoms with van der Waals surface area (Å²) in [7, 11) is 1.96. The molecule has 0 radical (unpaired) electrons. The van der Waals surface area contributed by atoms with Crippen molar-refractivity contribution >= 4 is 28.8 Å². The van der Waals surface area contributed by atoms with Crippen LogP contribution in [0.15, 0.2) is 52.5 Å². The minimum Gasteiger partial charge on any atom is -0.360 e. The van der Waals surface area contributed by atoms with Crippen molar-refractivity contribution in [2.24, 2.45) is 7.05 Å². The second kappa shape index (κ2) is 8.23. The number of imidazole rings is 1. The Balaban J connectivity index is 1.46. The molecule has 0 spiro atoms. The van der Waals surface area contributed by atoms with E-state index in [1.54, 1.807) is 24.3 Å². The Bertz CT molecular complexity index is 1150. The lowest BCUT2D eigenvalue weighted by molar-refractivity contribution is 0.0953. The van der Waals surface area contributed by atoms with Gasteiger partial charge in [0.05, 0.1) is 15.6 Å². The number of rotatable bonds is 6. The Labute approximate surface area is 177 Å². The molecule has 4 rings (SSSR count). The van der Waals surface area contributed by atoms with Crippen molar-refractivity contribution in [2.75, 3.05) is 6.54 Å². The number of carbonyl (C=O) groups excluding carboxylic acids is 1. The molecule has 0 aliphatic heterocycles. The highest BCUT2D eigenvalue weighted by atomic mass is 35.5. The summed E-state index contributed by atoms with van der Waals surface area (Å²) < 4.78 is 7.26. The minimum atomic E-state index is -0.244. The quantitative estimate of drug-likeness (QED) is 0.483. The van der Waals surface area contributed by atoms with Gasteiger partial charge in [-0.05, 0) is 24.4 Å². The first-order chi connectivity index (χ1) is 14.0. The molecule has 6 nitrogen and oxygen atoms in total. The zero-order chi connectivity index (χ0) is 20.4. The smallest absolute Gasteiger partial charge is 0.257 e. The van der Waals surface area contributed by atoms with Gasteiger partial charge in [0.25, 0.3) is 5.91 Å². The van der Waals surface area contributed by atoms with Gasteiger partial charge in [0.2, 0.25) is 0 Å². The Morgan fingerprint density at radius 3 is 2.86 bits per heavy atom. The van der Waals surface area contributed by atoms with Crippen LogP contribution in [0.5, 0.6) is 0 Å². The van der Waals surface area contributed by atoms with E-state index in [-0.39, 0.29) is 5.91 Å². The largest absolute Gasteiger partial charge is 0.360 e. The van der Waals surface area contributed by atoms with Gasteiger partial charge in [0.15, 0.2) is 0 Å². The van der Waals surface area contributed by atoms with Gasteiger partial charge in [-0.15, -0.1) is 11.3 Å². The first kappa shape index (κ1) is 19.4. The molecule has 0 saturated heterocycles. The van der Waals surface area contributed by atoms with Gasteiger partial charge in [0.1, 0.15) is 22.8 Å². The van der Waals surface area contributed by atoms with E-state index < -0.39 is 0 Å². The third kappa shape index (κ3) is 3.97. The normalized spacial score (nSPS) is 11.0. The summed E-state index contributed by atoms with van der Waals surface area (Å²) in [5, 5.41) is 9.53. The molecule has 29 heavy (non-hydrogen) atoms. The number of amides is 1. The summed E-state index contributed by atoms with van der Waals surface area (Å²) in [5.41, 5.74) is 2.46. The third-order valence-corrected chi connectivity index (χ3v) is 5.82. The van der Waals surface area contributed by atoms with Gasteiger partial charge >= 0.3 is 0 Å². The lowest BCUT2D eigenvalue weighted by Crippen LogP contribution is -2.27. The zero-order valence-corrected chi connectivity index (χ0v) is 17.5. The van der Waals surface area contributed by atoms with Crippen molar-refractivity contribution in [2.45, 2.75) is 13.3 Å². The number of hydrogen-bond acceptors (Lipinski definition) is 5. The standard InChI is InChI=1S/C21H19ClN4O2S/c1-13-19(20(25-28-13)14-6-3-4-7-15(14)22)21(27)23-10-9-18-24-16(12-26(18)2)17-8-5-11-29-17/h3-8,11-12H,9-10H2,1-2H3,(H,23,27). The number of benzene rings is 1. The fourth-order valence-electron chi connectivity index (χ4n) is 3.13. The van der Waals surface area contributed by atoms with E-state index in [9.17, 15) is 4.79 Å². The van der Waals surface area contributed by atoms with Crippen LogP contribution in [0.25, 0.3) is 21.8 Å². The molecular formula is C21H19ClN4O2S. The predicted octanol–water partition coefficient (Wildman–Crippen LogP) is 4.74. The Kier molecular flexibility index (Phi) is 5.51. The number of carbonyl (C=O) groups is 1. The van der Waals surface area contributed by atoms with Crippen LogP contribution in [0.1, 0.15) is 21.9 Å². The summed E-state index contributed by atoms with van der Waals surface area (Å²) in [5.74, 6) is 1.11. The molecule has 0 aliphatic rings. The van der Waals surface area contributed by atoms with Crippen LogP contribution < -0.4 is 5.32 Å². The highest BCUT2D eigenvalue weighted by Crippen LogP contribution is 2.31. The summed E-state index contributed by atoms with van der Waals surface area (Å²) >= 11 is 7.92. The number of thiophene rings is 1. The molecule has 3 aromatic heterocycles. The van der Waals surface area contributed by atoms with Crippen LogP contribution >= 0.6 is 22.9 Å². The molecule has 1 N–H and O–H groups in total. The molecule has 4 aromatic rings. The highest BCUT2D eigenvalue weighted by Gasteiger charge is 2.22. The molecule has 0 unspecified atom stereocenters. The predicted molar refractivity (Wildman–Crippen MR) is 114 cm³/mol. The van der Waals surface area contributed by atoms with Gasteiger partial charge in [-0.2, -0.15) is 0 Å². The topological polar surface area (TPSA) is 73.0 Å². The number of hydrogen-bond donors (Lipinski definition) is 1. The van der Waals surface area contributed by atoms with Crippen LogP contribution in [-0.2, 0) is 13.5 Å². The zero-order valence-electron chi connectivity index (χ0n) is 16.0. The fourth-order valence-corrected chi connectivity index (χ4v) is 4.04. The summed E-state index contributed by atoms with van der Waals surface area (Å²) in [4.78, 5) is 18.6. The number of aromatic nitrogens is 3. The van der Waals surface area contributed by atoms with Crippen LogP contribution in [0.2, 0.25) is 5.02 Å². The van der Waals surface area contributed by atoms with Gasteiger partial charge < -0.3 is 14.4 Å². The van der Waals surface area contributed by atoms with E-state index >= 15 is 0 Å². The summed E-state index contributed by atoms with van der Waals surface area (Å²) in [6, 6.07) is 11.3. The Morgan fingerprint density at radius 2 is 2.10 bits per heavy atom. The van der Waals surface area contributed by atoms with Crippen molar-refractivity contribution in [3.05, 3.63) is 70.1 Å². The first-order valence-electron chi connectivity index (χ1n) is 9.10. The monoisotopic (exact) mass is 426 g/mol. The molecule has 1 aromatic carbocycles. The van der Waals surface area contributed by atoms with Crippen LogP contribution in [0, 0.1) is 6.92 Å². The molecule has 8 heteroatoms. The Hall–Kier alpha value is -2.90. The molecule has 0 aliphatic carbocycles. The maximum absolute atomic E-state index is 12.8. The van der Waals surface area contributed by atoms with Gasteiger partial charge in [-0.25, -0.2) is 4.98 Å². The van der Waals surface area contributed by atoms with Gasteiger partial charge in [-0.3, -0.25) is 4.79 Å². The van der Waals surface area contributed by atoms with Gasteiger partial charge in [0, 0.05) is 31.8 Å². The molecule has 0 bridgehead atoms. The second-order valence-electron chi connectivity index (χ2n) is 6.58. The van der Waals surface area contributed by atoms with Crippen LogP contribution in [0.4, 0.5) is 0 Å². The minimum absolute atomic E-state index is 0.244. The first-order valence-corrected chi connectivity index (χ1v) is 10.4. The lowest BCUT2D eigenvalue weighted by Gasteiger charge is -2.07. The average Bonchev–Trinajstić information content (AvgIpc) is 3.43. The van der Waals surface area contributed by atoms with Crippen molar-refractivity contribution < 1.29 is 9.32 Å². The Morgan fingerprint density at radius 1 is 1.28 bits per heavy atom. The van der Waals surface area contributed by atoms with E-state index in [1.807, 2.05) is 53.5 Å². The van der Waals surface area contributed by atoms with E-state index in [4.69, 9.17) is 16.1 Å². The number of halogens is 1. The van der Waals surface area contributed by atoms with E-state index in [1.165, 1.54) is 0 Å². The summed E-state index contributed by atoms with van der Waals surface area (Å²) in [6.07, 6.45) is 2.61. The van der Waals surface area contributed by atoms with Crippen LogP contribution in [0.3, 0.4) is 0 Å². The average molecular weight is 427 g/mol. The molecule has 3 heterocycles. The van der Waals surface area contributed by atoms with E-state index in [2.05, 4.69) is 15.5 Å². The van der Waals surface area contributed by atoms with Crippen molar-refractivity contribution in [3.8, 4) is 21.8 Å². The molecule has 0 atom stereocenters. The lowest BCUT2D eigenvalue weighted by atomic mass is 10.1. The molecule has 0 saturated carbocycles. The molecule has 0 fully saturated rings. The van der Waals surface area contributed by atoms with Crippen molar-refractivity contribution in [3.63, 3.8) is 0 Å². The third-order valence-electron chi connectivity index (χ3n) is 4.60. The van der Waals surface area contributed by atoms with Crippen molar-refractivity contribution in [1.29, 1.82) is 0 Å². The van der Waals surface area contributed by atoms with E-state index in [0.29, 0.717) is 40.6 Å². The van der Waals surface area contributed by atoms with Crippen molar-refractivity contribution in [1.82, 2.24) is 20.0 Å².